The Hall–Kier alpha value is -2.25. The maximum Gasteiger partial charge on any atom is 0.275 e. The zero-order valence-corrected chi connectivity index (χ0v) is 17.2. The Balaban J connectivity index is 1.40. The lowest BCUT2D eigenvalue weighted by molar-refractivity contribution is -0.0643. The summed E-state index contributed by atoms with van der Waals surface area (Å²) in [4.78, 5) is 22.0. The van der Waals surface area contributed by atoms with Gasteiger partial charge in [0.1, 0.15) is 12.1 Å². The summed E-state index contributed by atoms with van der Waals surface area (Å²) in [6.07, 6.45) is 7.03. The summed E-state index contributed by atoms with van der Waals surface area (Å²) in [5.74, 6) is 1.00. The van der Waals surface area contributed by atoms with Crippen LogP contribution < -0.4 is 5.73 Å². The van der Waals surface area contributed by atoms with Crippen molar-refractivity contribution in [2.24, 2.45) is 17.6 Å². The van der Waals surface area contributed by atoms with Crippen molar-refractivity contribution in [2.45, 2.75) is 50.7 Å². The summed E-state index contributed by atoms with van der Waals surface area (Å²) in [6, 6.07) is 7.80. The van der Waals surface area contributed by atoms with E-state index in [-0.39, 0.29) is 18.3 Å². The third-order valence-electron chi connectivity index (χ3n) is 7.19. The molecule has 3 aliphatic heterocycles. The highest BCUT2D eigenvalue weighted by Crippen LogP contribution is 2.42. The van der Waals surface area contributed by atoms with Gasteiger partial charge in [-0.25, -0.2) is 9.37 Å². The first kappa shape index (κ1) is 19.7. The number of oxazole rings is 1. The molecule has 1 aromatic carbocycles. The molecule has 3 fully saturated rings. The van der Waals surface area contributed by atoms with E-state index in [0.717, 1.165) is 31.5 Å². The second-order valence-corrected chi connectivity index (χ2v) is 9.00. The largest absolute Gasteiger partial charge is 0.447 e. The van der Waals surface area contributed by atoms with Crippen molar-refractivity contribution in [3.8, 4) is 0 Å². The molecule has 0 unspecified atom stereocenters. The zero-order valence-electron chi connectivity index (χ0n) is 17.2. The van der Waals surface area contributed by atoms with Gasteiger partial charge in [0.25, 0.3) is 5.91 Å². The van der Waals surface area contributed by atoms with Crippen molar-refractivity contribution in [2.75, 3.05) is 19.6 Å². The van der Waals surface area contributed by atoms with Crippen LogP contribution in [0.25, 0.3) is 0 Å². The Labute approximate surface area is 176 Å². The van der Waals surface area contributed by atoms with Gasteiger partial charge < -0.3 is 15.1 Å². The SMILES string of the molecule is NCc1nc(C(=O)N2C[C@H]3C[C@@H](C2)[C@H](Cc2cccc(F)c2)N2CCCC[C@@H]32)co1. The number of nitrogens with two attached hydrogens (primary N) is 1. The average Bonchev–Trinajstić information content (AvgIpc) is 3.25. The molecule has 0 spiro atoms. The number of hydrogen-bond acceptors (Lipinski definition) is 5. The van der Waals surface area contributed by atoms with Crippen LogP contribution in [0.1, 0.15) is 47.6 Å². The smallest absolute Gasteiger partial charge is 0.275 e. The number of rotatable bonds is 4. The molecule has 5 rings (SSSR count). The van der Waals surface area contributed by atoms with Gasteiger partial charge in [0.05, 0.1) is 6.54 Å². The van der Waals surface area contributed by atoms with E-state index < -0.39 is 0 Å². The third kappa shape index (κ3) is 3.65. The Morgan fingerprint density at radius 3 is 2.93 bits per heavy atom. The van der Waals surface area contributed by atoms with Crippen molar-refractivity contribution in [3.63, 3.8) is 0 Å². The number of aromatic nitrogens is 1. The Kier molecular flexibility index (Phi) is 5.33. The van der Waals surface area contributed by atoms with E-state index in [4.69, 9.17) is 10.2 Å². The van der Waals surface area contributed by atoms with Crippen LogP contribution in [0, 0.1) is 17.7 Å². The molecule has 6 nitrogen and oxygen atoms in total. The van der Waals surface area contributed by atoms with Gasteiger partial charge in [0, 0.05) is 25.2 Å². The molecule has 3 saturated heterocycles. The first-order valence-electron chi connectivity index (χ1n) is 11.1. The van der Waals surface area contributed by atoms with Crippen LogP contribution in [0.2, 0.25) is 0 Å². The van der Waals surface area contributed by atoms with Crippen LogP contribution in [-0.4, -0.2) is 52.4 Å². The molecular weight excluding hydrogens is 383 g/mol. The fourth-order valence-electron chi connectivity index (χ4n) is 5.92. The van der Waals surface area contributed by atoms with E-state index in [9.17, 15) is 9.18 Å². The molecule has 160 valence electrons. The fraction of sp³-hybridized carbons (Fsp3) is 0.565. The first-order chi connectivity index (χ1) is 14.6. The first-order valence-corrected chi connectivity index (χ1v) is 11.1. The molecule has 2 N–H and O–H groups in total. The zero-order chi connectivity index (χ0) is 20.7. The number of benzene rings is 1. The van der Waals surface area contributed by atoms with E-state index >= 15 is 0 Å². The van der Waals surface area contributed by atoms with Crippen molar-refractivity contribution >= 4 is 5.91 Å². The maximum absolute atomic E-state index is 13.8. The number of carbonyl (C=O) groups excluding carboxylic acids is 1. The minimum atomic E-state index is -0.182. The van der Waals surface area contributed by atoms with Crippen molar-refractivity contribution in [1.29, 1.82) is 0 Å². The van der Waals surface area contributed by atoms with Gasteiger partial charge in [-0.15, -0.1) is 0 Å². The number of nitrogens with zero attached hydrogens (tertiary/aromatic N) is 3. The van der Waals surface area contributed by atoms with Gasteiger partial charge in [-0.1, -0.05) is 18.6 Å². The highest BCUT2D eigenvalue weighted by molar-refractivity contribution is 5.92. The minimum absolute atomic E-state index is 0.0677. The molecule has 0 saturated carbocycles. The second kappa shape index (κ2) is 8.12. The quantitative estimate of drug-likeness (QED) is 0.836. The standard InChI is InChI=1S/C23H29FN4O2/c24-18-5-3-4-15(8-18)9-21-17-10-16(20-6-1-2-7-28(20)21)12-27(13-17)23(29)19-14-30-22(11-25)26-19/h3-5,8,14,16-17,20-21H,1-2,6-7,9-13,25H2/t16-,17+,20+,21+/m1/s1. The molecule has 2 aromatic rings. The minimum Gasteiger partial charge on any atom is -0.447 e. The summed E-state index contributed by atoms with van der Waals surface area (Å²) in [5.41, 5.74) is 6.96. The van der Waals surface area contributed by atoms with Crippen LogP contribution in [0.4, 0.5) is 4.39 Å². The molecule has 3 aliphatic rings. The van der Waals surface area contributed by atoms with Crippen LogP contribution >= 0.6 is 0 Å². The summed E-state index contributed by atoms with van der Waals surface area (Å²) in [5, 5.41) is 0. The molecule has 4 heterocycles. The van der Waals surface area contributed by atoms with E-state index in [0.29, 0.717) is 42.0 Å². The van der Waals surface area contributed by atoms with Gasteiger partial charge in [-0.2, -0.15) is 0 Å². The maximum atomic E-state index is 13.8. The van der Waals surface area contributed by atoms with E-state index in [2.05, 4.69) is 9.88 Å². The number of likely N-dealkylation sites (tertiary alicyclic amines) is 1. The molecule has 1 amide bonds. The summed E-state index contributed by atoms with van der Waals surface area (Å²) >= 11 is 0. The van der Waals surface area contributed by atoms with Crippen LogP contribution in [0.15, 0.2) is 34.9 Å². The molecule has 1 aromatic heterocycles. The van der Waals surface area contributed by atoms with E-state index in [1.807, 2.05) is 11.0 Å². The number of piperidine rings is 3. The number of hydrogen-bond donors (Lipinski definition) is 1. The summed E-state index contributed by atoms with van der Waals surface area (Å²) < 4.78 is 19.1. The highest BCUT2D eigenvalue weighted by Gasteiger charge is 2.48. The second-order valence-electron chi connectivity index (χ2n) is 9.00. The fourth-order valence-corrected chi connectivity index (χ4v) is 5.92. The monoisotopic (exact) mass is 412 g/mol. The third-order valence-corrected chi connectivity index (χ3v) is 7.19. The highest BCUT2D eigenvalue weighted by atomic mass is 19.1. The van der Waals surface area contributed by atoms with Crippen molar-refractivity contribution in [3.05, 3.63) is 53.5 Å². The average molecular weight is 413 g/mol. The lowest BCUT2D eigenvalue weighted by Gasteiger charge is -2.57. The topological polar surface area (TPSA) is 75.6 Å². The Bertz CT molecular complexity index is 916. The van der Waals surface area contributed by atoms with Gasteiger partial charge >= 0.3 is 0 Å². The van der Waals surface area contributed by atoms with Gasteiger partial charge in [0.15, 0.2) is 5.69 Å². The predicted molar refractivity (Wildman–Crippen MR) is 110 cm³/mol. The molecule has 30 heavy (non-hydrogen) atoms. The van der Waals surface area contributed by atoms with E-state index in [1.165, 1.54) is 31.6 Å². The number of halogens is 1. The van der Waals surface area contributed by atoms with E-state index in [1.54, 1.807) is 12.1 Å². The van der Waals surface area contributed by atoms with Crippen LogP contribution in [0.5, 0.6) is 0 Å². The normalized spacial score (nSPS) is 28.9. The number of carbonyl (C=O) groups is 1. The number of fused-ring (bicyclic) bond motifs is 4. The van der Waals surface area contributed by atoms with Crippen LogP contribution in [-0.2, 0) is 13.0 Å². The molecule has 7 heteroatoms. The van der Waals surface area contributed by atoms with Crippen molar-refractivity contribution < 1.29 is 13.6 Å². The lowest BCUT2D eigenvalue weighted by Crippen LogP contribution is -2.64. The predicted octanol–water partition coefficient (Wildman–Crippen LogP) is 2.83. The van der Waals surface area contributed by atoms with Gasteiger partial charge in [0.2, 0.25) is 5.89 Å². The van der Waals surface area contributed by atoms with Crippen LogP contribution in [0.3, 0.4) is 0 Å². The van der Waals surface area contributed by atoms with Crippen molar-refractivity contribution in [1.82, 2.24) is 14.8 Å². The molecular formula is C23H29FN4O2. The summed E-state index contributed by atoms with van der Waals surface area (Å²) in [7, 11) is 0. The molecule has 4 atom stereocenters. The van der Waals surface area contributed by atoms with Gasteiger partial charge in [-0.3, -0.25) is 9.69 Å². The number of amides is 1. The molecule has 2 bridgehead atoms. The van der Waals surface area contributed by atoms with Gasteiger partial charge in [-0.05, 0) is 61.8 Å². The Morgan fingerprint density at radius 2 is 2.13 bits per heavy atom. The molecule has 0 aliphatic carbocycles. The summed E-state index contributed by atoms with van der Waals surface area (Å²) in [6.45, 7) is 2.78. The Morgan fingerprint density at radius 1 is 1.27 bits per heavy atom. The molecule has 0 radical (unpaired) electrons. The lowest BCUT2D eigenvalue weighted by atomic mass is 9.71.